The molecule has 0 fully saturated rings. The second-order valence-electron chi connectivity index (χ2n) is 7.42. The molecule has 0 aliphatic rings. The van der Waals surface area contributed by atoms with E-state index in [-0.39, 0.29) is 5.97 Å². The molecule has 0 saturated carbocycles. The van der Waals surface area contributed by atoms with Gasteiger partial charge >= 0.3 is 5.97 Å². The number of anilines is 1. The van der Waals surface area contributed by atoms with Crippen molar-refractivity contribution < 1.29 is 9.53 Å². The van der Waals surface area contributed by atoms with E-state index in [4.69, 9.17) is 16.3 Å². The van der Waals surface area contributed by atoms with Gasteiger partial charge in [-0.05, 0) is 44.7 Å². The lowest BCUT2D eigenvalue weighted by molar-refractivity contribution is 0.00761. The summed E-state index contributed by atoms with van der Waals surface area (Å²) in [7, 11) is 3.87. The third kappa shape index (κ3) is 4.26. The highest BCUT2D eigenvalue weighted by molar-refractivity contribution is 7.98. The monoisotopic (exact) mass is 435 g/mol. The Balaban J connectivity index is 2.35. The number of carbonyl (C=O) groups is 1. The van der Waals surface area contributed by atoms with Gasteiger partial charge in [-0.15, -0.1) is 11.3 Å². The number of hydrogen-bond donors (Lipinski definition) is 0. The van der Waals surface area contributed by atoms with Crippen LogP contribution in [0, 0.1) is 0 Å². The highest BCUT2D eigenvalue weighted by Gasteiger charge is 2.28. The fraction of sp³-hybridized carbons (Fsp3) is 0.350. The number of thioether (sulfide) groups is 1. The number of halogens is 1. The highest BCUT2D eigenvalue weighted by Crippen LogP contribution is 2.43. The maximum absolute atomic E-state index is 13.0. The minimum Gasteiger partial charge on any atom is -0.456 e. The molecule has 0 unspecified atom stereocenters. The molecule has 0 aliphatic heterocycles. The van der Waals surface area contributed by atoms with E-state index in [1.807, 2.05) is 70.3 Å². The Morgan fingerprint density at radius 2 is 1.82 bits per heavy atom. The van der Waals surface area contributed by atoms with Crippen LogP contribution in [0.4, 0.5) is 5.82 Å². The number of rotatable bonds is 4. The van der Waals surface area contributed by atoms with E-state index in [2.05, 4.69) is 9.97 Å². The lowest BCUT2D eigenvalue weighted by Crippen LogP contribution is -2.23. The van der Waals surface area contributed by atoms with E-state index in [1.165, 1.54) is 23.1 Å². The molecule has 0 bridgehead atoms. The van der Waals surface area contributed by atoms with Gasteiger partial charge in [-0.25, -0.2) is 14.8 Å². The van der Waals surface area contributed by atoms with Crippen LogP contribution in [0.25, 0.3) is 21.3 Å². The van der Waals surface area contributed by atoms with Gasteiger partial charge < -0.3 is 9.64 Å². The molecule has 0 spiro atoms. The number of benzene rings is 1. The highest BCUT2D eigenvalue weighted by atomic mass is 35.5. The standard InChI is InChI=1S/C20H22ClN3O2S2/c1-20(2,3)26-18(25)15-13(11-7-9-12(21)10-8-11)14-16(24(4)5)22-19(27-6)23-17(14)28-15/h7-10H,1-6H3. The fourth-order valence-electron chi connectivity index (χ4n) is 2.74. The summed E-state index contributed by atoms with van der Waals surface area (Å²) in [6.45, 7) is 5.57. The zero-order valence-electron chi connectivity index (χ0n) is 16.7. The first-order valence-electron chi connectivity index (χ1n) is 8.66. The summed E-state index contributed by atoms with van der Waals surface area (Å²) < 4.78 is 5.67. The van der Waals surface area contributed by atoms with E-state index < -0.39 is 5.60 Å². The van der Waals surface area contributed by atoms with Crippen molar-refractivity contribution in [2.45, 2.75) is 31.5 Å². The van der Waals surface area contributed by atoms with E-state index in [9.17, 15) is 4.79 Å². The van der Waals surface area contributed by atoms with Gasteiger partial charge in [-0.3, -0.25) is 0 Å². The minimum atomic E-state index is -0.592. The SMILES string of the molecule is CSc1nc(N(C)C)c2c(-c3ccc(Cl)cc3)c(C(=O)OC(C)(C)C)sc2n1. The van der Waals surface area contributed by atoms with E-state index in [1.54, 1.807) is 0 Å². The van der Waals surface area contributed by atoms with Crippen LogP contribution in [0.1, 0.15) is 30.4 Å². The van der Waals surface area contributed by atoms with Gasteiger partial charge in [0.05, 0.1) is 5.39 Å². The van der Waals surface area contributed by atoms with E-state index >= 15 is 0 Å². The topological polar surface area (TPSA) is 55.3 Å². The van der Waals surface area contributed by atoms with Crippen LogP contribution in [0.3, 0.4) is 0 Å². The van der Waals surface area contributed by atoms with Gasteiger partial charge in [0.15, 0.2) is 5.16 Å². The molecule has 0 N–H and O–H groups in total. The van der Waals surface area contributed by atoms with Crippen molar-refractivity contribution >= 4 is 56.7 Å². The molecule has 28 heavy (non-hydrogen) atoms. The molecule has 8 heteroatoms. The van der Waals surface area contributed by atoms with Crippen molar-refractivity contribution in [1.29, 1.82) is 0 Å². The Labute approximate surface area is 178 Å². The van der Waals surface area contributed by atoms with Gasteiger partial charge in [0.2, 0.25) is 0 Å². The number of fused-ring (bicyclic) bond motifs is 1. The summed E-state index contributed by atoms with van der Waals surface area (Å²) >= 11 is 8.88. The van der Waals surface area contributed by atoms with Gasteiger partial charge in [-0.2, -0.15) is 0 Å². The Kier molecular flexibility index (Phi) is 5.89. The Morgan fingerprint density at radius 1 is 1.18 bits per heavy atom. The first-order chi connectivity index (χ1) is 13.1. The molecule has 0 atom stereocenters. The molecule has 2 heterocycles. The fourth-order valence-corrected chi connectivity index (χ4v) is 4.35. The van der Waals surface area contributed by atoms with Crippen molar-refractivity contribution in [1.82, 2.24) is 9.97 Å². The van der Waals surface area contributed by atoms with Gasteiger partial charge in [0, 0.05) is 24.7 Å². The van der Waals surface area contributed by atoms with Gasteiger partial charge in [0.25, 0.3) is 0 Å². The van der Waals surface area contributed by atoms with Crippen LogP contribution in [-0.4, -0.2) is 41.9 Å². The Morgan fingerprint density at radius 3 is 2.36 bits per heavy atom. The quantitative estimate of drug-likeness (QED) is 0.295. The molecular formula is C20H22ClN3O2S2. The van der Waals surface area contributed by atoms with Crippen molar-refractivity contribution in [3.05, 3.63) is 34.2 Å². The normalized spacial score (nSPS) is 11.7. The first-order valence-corrected chi connectivity index (χ1v) is 11.1. The third-order valence-corrected chi connectivity index (χ3v) is 5.70. The number of esters is 1. The van der Waals surface area contributed by atoms with E-state index in [0.717, 1.165) is 27.2 Å². The van der Waals surface area contributed by atoms with Crippen LogP contribution >= 0.6 is 34.7 Å². The molecule has 0 radical (unpaired) electrons. The first kappa shape index (κ1) is 20.9. The summed E-state index contributed by atoms with van der Waals surface area (Å²) in [4.78, 5) is 25.6. The smallest absolute Gasteiger partial charge is 0.349 e. The van der Waals surface area contributed by atoms with Gasteiger partial charge in [-0.1, -0.05) is 35.5 Å². The van der Waals surface area contributed by atoms with Crippen molar-refractivity contribution in [3.63, 3.8) is 0 Å². The Hall–Kier alpha value is -1.83. The number of ether oxygens (including phenoxy) is 1. The predicted octanol–water partition coefficient (Wildman–Crippen LogP) is 5.75. The summed E-state index contributed by atoms with van der Waals surface area (Å²) in [5.74, 6) is 0.404. The molecule has 2 aromatic heterocycles. The number of aromatic nitrogens is 2. The largest absolute Gasteiger partial charge is 0.456 e. The maximum Gasteiger partial charge on any atom is 0.349 e. The van der Waals surface area contributed by atoms with Crippen LogP contribution in [0.2, 0.25) is 5.02 Å². The van der Waals surface area contributed by atoms with E-state index in [0.29, 0.717) is 15.1 Å². The molecule has 1 aromatic carbocycles. The lowest BCUT2D eigenvalue weighted by Gasteiger charge is -2.19. The molecule has 0 amide bonds. The Bertz CT molecular complexity index is 1020. The number of carbonyl (C=O) groups excluding carboxylic acids is 1. The summed E-state index contributed by atoms with van der Waals surface area (Å²) in [5, 5.41) is 2.14. The molecule has 148 valence electrons. The molecule has 3 aromatic rings. The van der Waals surface area contributed by atoms with Crippen molar-refractivity contribution in [2.24, 2.45) is 0 Å². The molecule has 3 rings (SSSR count). The van der Waals surface area contributed by atoms with Gasteiger partial charge in [0.1, 0.15) is 21.1 Å². The lowest BCUT2D eigenvalue weighted by atomic mass is 10.0. The second kappa shape index (κ2) is 7.89. The number of thiophene rings is 1. The molecular weight excluding hydrogens is 414 g/mol. The van der Waals surface area contributed by atoms with Crippen molar-refractivity contribution in [3.8, 4) is 11.1 Å². The number of nitrogens with zero attached hydrogens (tertiary/aromatic N) is 3. The average molecular weight is 436 g/mol. The number of hydrogen-bond acceptors (Lipinski definition) is 7. The van der Waals surface area contributed by atoms with Crippen LogP contribution in [0.5, 0.6) is 0 Å². The van der Waals surface area contributed by atoms with Crippen molar-refractivity contribution in [2.75, 3.05) is 25.3 Å². The van der Waals surface area contributed by atoms with Crippen LogP contribution in [-0.2, 0) is 4.74 Å². The minimum absolute atomic E-state index is 0.365. The molecule has 0 aliphatic carbocycles. The summed E-state index contributed by atoms with van der Waals surface area (Å²) in [5.41, 5.74) is 1.06. The van der Waals surface area contributed by atoms with Crippen LogP contribution < -0.4 is 4.90 Å². The summed E-state index contributed by atoms with van der Waals surface area (Å²) in [6.07, 6.45) is 1.93. The molecule has 5 nitrogen and oxygen atoms in total. The van der Waals surface area contributed by atoms with Crippen LogP contribution in [0.15, 0.2) is 29.4 Å². The predicted molar refractivity (Wildman–Crippen MR) is 119 cm³/mol. The molecule has 0 saturated heterocycles. The maximum atomic E-state index is 13.0. The zero-order chi connectivity index (χ0) is 20.6. The third-order valence-electron chi connectivity index (χ3n) is 3.84. The average Bonchev–Trinajstić information content (AvgIpc) is 2.99. The zero-order valence-corrected chi connectivity index (χ0v) is 19.1. The second-order valence-corrected chi connectivity index (χ2v) is 9.63. The summed E-state index contributed by atoms with van der Waals surface area (Å²) in [6, 6.07) is 7.43.